The second kappa shape index (κ2) is 9.31. The van der Waals surface area contributed by atoms with Crippen molar-refractivity contribution in [1.82, 2.24) is 0 Å². The predicted molar refractivity (Wildman–Crippen MR) is 106 cm³/mol. The molecule has 0 aromatic rings. The molecule has 0 heterocycles. The third kappa shape index (κ3) is 5.26. The molecule has 1 saturated carbocycles. The summed E-state index contributed by atoms with van der Waals surface area (Å²) in [5.74, 6) is 1.44. The van der Waals surface area contributed by atoms with Crippen molar-refractivity contribution in [2.24, 2.45) is 29.1 Å². The van der Waals surface area contributed by atoms with Gasteiger partial charge in [-0.25, -0.2) is 0 Å². The molecule has 4 atom stereocenters. The standard InChI is InChI=1S/C23H36O2/c1-8-11-13-18(16(4)20(24)14-12-9-2)15-21(25)17(5)22-19(10-3)23(22,6)7/h8-9,17-19,22H,1-2,4,10-15H2,3,5-7H3. The molecule has 0 aromatic carbocycles. The number of Topliss-reactive ketones (excluding diaryl/α,β-unsaturated/α-hetero) is 2. The number of hydrogen-bond donors (Lipinski definition) is 0. The fourth-order valence-corrected chi connectivity index (χ4v) is 4.53. The van der Waals surface area contributed by atoms with Gasteiger partial charge in [-0.05, 0) is 48.0 Å². The predicted octanol–water partition coefficient (Wildman–Crippen LogP) is 5.94. The molecule has 0 saturated heterocycles. The van der Waals surface area contributed by atoms with Gasteiger partial charge < -0.3 is 0 Å². The van der Waals surface area contributed by atoms with Crippen LogP contribution in [0.25, 0.3) is 0 Å². The number of allylic oxidation sites excluding steroid dienone is 3. The van der Waals surface area contributed by atoms with Gasteiger partial charge in [-0.1, -0.05) is 52.8 Å². The third-order valence-corrected chi connectivity index (χ3v) is 6.22. The highest BCUT2D eigenvalue weighted by atomic mass is 16.1. The van der Waals surface area contributed by atoms with Crippen LogP contribution in [0.2, 0.25) is 0 Å². The fraction of sp³-hybridized carbons (Fsp3) is 0.652. The molecular weight excluding hydrogens is 308 g/mol. The lowest BCUT2D eigenvalue weighted by atomic mass is 9.82. The summed E-state index contributed by atoms with van der Waals surface area (Å²) >= 11 is 0. The molecule has 2 heteroatoms. The van der Waals surface area contributed by atoms with Crippen molar-refractivity contribution >= 4 is 11.6 Å². The maximum atomic E-state index is 12.9. The Morgan fingerprint density at radius 1 is 1.16 bits per heavy atom. The Morgan fingerprint density at radius 3 is 2.24 bits per heavy atom. The summed E-state index contributed by atoms with van der Waals surface area (Å²) in [5, 5.41) is 0. The van der Waals surface area contributed by atoms with Gasteiger partial charge in [-0.3, -0.25) is 9.59 Å². The molecule has 0 aliphatic heterocycles. The van der Waals surface area contributed by atoms with Crippen LogP contribution in [-0.4, -0.2) is 11.6 Å². The van der Waals surface area contributed by atoms with Crippen LogP contribution in [0.4, 0.5) is 0 Å². The van der Waals surface area contributed by atoms with Crippen molar-refractivity contribution < 1.29 is 9.59 Å². The lowest BCUT2D eigenvalue weighted by Gasteiger charge is -2.20. The van der Waals surface area contributed by atoms with Crippen molar-refractivity contribution in [3.8, 4) is 0 Å². The Balaban J connectivity index is 2.75. The molecule has 1 aliphatic rings. The molecule has 1 aliphatic carbocycles. The maximum absolute atomic E-state index is 12.9. The highest BCUT2D eigenvalue weighted by Gasteiger charge is 2.59. The molecule has 0 aromatic heterocycles. The van der Waals surface area contributed by atoms with Crippen LogP contribution in [0.5, 0.6) is 0 Å². The molecule has 2 nitrogen and oxygen atoms in total. The number of ketones is 2. The number of hydrogen-bond acceptors (Lipinski definition) is 2. The minimum Gasteiger partial charge on any atom is -0.299 e. The van der Waals surface area contributed by atoms with Gasteiger partial charge in [0.05, 0.1) is 0 Å². The van der Waals surface area contributed by atoms with E-state index in [2.05, 4.69) is 47.4 Å². The third-order valence-electron chi connectivity index (χ3n) is 6.22. The SMILES string of the molecule is C=CCCC(=O)C(=C)C(CCC=C)CC(=O)C(C)C1C(CC)C1(C)C. The maximum Gasteiger partial charge on any atom is 0.158 e. The number of carbonyl (C=O) groups is 2. The van der Waals surface area contributed by atoms with Gasteiger partial charge in [0.25, 0.3) is 0 Å². The summed E-state index contributed by atoms with van der Waals surface area (Å²) in [4.78, 5) is 25.2. The van der Waals surface area contributed by atoms with Crippen molar-refractivity contribution in [3.05, 3.63) is 37.5 Å². The summed E-state index contributed by atoms with van der Waals surface area (Å²) in [5.41, 5.74) is 0.864. The molecular formula is C23H36O2. The number of carbonyl (C=O) groups excluding carboxylic acids is 2. The first kappa shape index (κ1) is 21.6. The van der Waals surface area contributed by atoms with Crippen LogP contribution < -0.4 is 0 Å². The molecule has 0 bridgehead atoms. The smallest absolute Gasteiger partial charge is 0.158 e. The lowest BCUT2D eigenvalue weighted by molar-refractivity contribution is -0.124. The Hall–Kier alpha value is -1.44. The Morgan fingerprint density at radius 2 is 1.76 bits per heavy atom. The lowest BCUT2D eigenvalue weighted by Crippen LogP contribution is -2.22. The Kier molecular flexibility index (Phi) is 8.05. The summed E-state index contributed by atoms with van der Waals surface area (Å²) in [7, 11) is 0. The minimum absolute atomic E-state index is 0.0576. The van der Waals surface area contributed by atoms with Gasteiger partial charge in [0.1, 0.15) is 5.78 Å². The normalized spacial score (nSPS) is 23.4. The first-order valence-corrected chi connectivity index (χ1v) is 9.68. The fourth-order valence-electron chi connectivity index (χ4n) is 4.53. The van der Waals surface area contributed by atoms with E-state index in [-0.39, 0.29) is 28.8 Å². The van der Waals surface area contributed by atoms with Crippen molar-refractivity contribution in [2.45, 2.75) is 66.2 Å². The van der Waals surface area contributed by atoms with Crippen molar-refractivity contribution in [1.29, 1.82) is 0 Å². The van der Waals surface area contributed by atoms with E-state index in [1.807, 2.05) is 6.08 Å². The molecule has 1 fully saturated rings. The Bertz CT molecular complexity index is 526. The van der Waals surface area contributed by atoms with Crippen molar-refractivity contribution in [2.75, 3.05) is 0 Å². The monoisotopic (exact) mass is 344 g/mol. The van der Waals surface area contributed by atoms with Crippen molar-refractivity contribution in [3.63, 3.8) is 0 Å². The first-order chi connectivity index (χ1) is 11.7. The average molecular weight is 345 g/mol. The quantitative estimate of drug-likeness (QED) is 0.306. The second-order valence-electron chi connectivity index (χ2n) is 8.16. The number of rotatable bonds is 13. The van der Waals surface area contributed by atoms with E-state index in [0.717, 1.165) is 19.3 Å². The molecule has 4 unspecified atom stereocenters. The second-order valence-corrected chi connectivity index (χ2v) is 8.16. The van der Waals surface area contributed by atoms with E-state index in [4.69, 9.17) is 0 Å². The van der Waals surface area contributed by atoms with Gasteiger partial charge >= 0.3 is 0 Å². The van der Waals surface area contributed by atoms with Crippen LogP contribution in [0.15, 0.2) is 37.5 Å². The Labute approximate surface area is 154 Å². The molecule has 0 spiro atoms. The highest BCUT2D eigenvalue weighted by Crippen LogP contribution is 2.63. The van der Waals surface area contributed by atoms with Gasteiger partial charge in [-0.15, -0.1) is 13.2 Å². The summed E-state index contributed by atoms with van der Waals surface area (Å²) in [6, 6.07) is 0. The van der Waals surface area contributed by atoms with Gasteiger partial charge in [0.15, 0.2) is 5.78 Å². The van der Waals surface area contributed by atoms with E-state index in [9.17, 15) is 9.59 Å². The zero-order valence-electron chi connectivity index (χ0n) is 16.6. The van der Waals surface area contributed by atoms with E-state index in [0.29, 0.717) is 36.7 Å². The largest absolute Gasteiger partial charge is 0.299 e. The van der Waals surface area contributed by atoms with E-state index >= 15 is 0 Å². The molecule has 0 radical (unpaired) electrons. The average Bonchev–Trinajstić information content (AvgIpc) is 3.15. The molecule has 1 rings (SSSR count). The van der Waals surface area contributed by atoms with Gasteiger partial charge in [0.2, 0.25) is 0 Å². The molecule has 0 amide bonds. The molecule has 25 heavy (non-hydrogen) atoms. The highest BCUT2D eigenvalue weighted by molar-refractivity contribution is 5.96. The zero-order chi connectivity index (χ0) is 19.2. The van der Waals surface area contributed by atoms with Crippen LogP contribution in [-0.2, 0) is 9.59 Å². The van der Waals surface area contributed by atoms with Crippen LogP contribution in [0.3, 0.4) is 0 Å². The topological polar surface area (TPSA) is 34.1 Å². The summed E-state index contributed by atoms with van der Waals surface area (Å²) in [6.45, 7) is 20.3. The zero-order valence-corrected chi connectivity index (χ0v) is 16.6. The van der Waals surface area contributed by atoms with Crippen LogP contribution >= 0.6 is 0 Å². The van der Waals surface area contributed by atoms with Gasteiger partial charge in [-0.2, -0.15) is 0 Å². The molecule has 140 valence electrons. The van der Waals surface area contributed by atoms with Crippen LogP contribution in [0, 0.1) is 29.1 Å². The molecule has 0 N–H and O–H groups in total. The van der Waals surface area contributed by atoms with E-state index in [1.165, 1.54) is 0 Å². The minimum atomic E-state index is -0.0628. The van der Waals surface area contributed by atoms with Gasteiger partial charge in [0, 0.05) is 18.8 Å². The summed E-state index contributed by atoms with van der Waals surface area (Å²) in [6.07, 6.45) is 7.81. The van der Waals surface area contributed by atoms with E-state index < -0.39 is 0 Å². The van der Waals surface area contributed by atoms with E-state index in [1.54, 1.807) is 6.08 Å². The summed E-state index contributed by atoms with van der Waals surface area (Å²) < 4.78 is 0. The first-order valence-electron chi connectivity index (χ1n) is 9.68. The van der Waals surface area contributed by atoms with Crippen LogP contribution in [0.1, 0.15) is 66.2 Å².